The summed E-state index contributed by atoms with van der Waals surface area (Å²) in [5.74, 6) is 0.741. The van der Waals surface area contributed by atoms with Gasteiger partial charge in [-0.05, 0) is 73.1 Å². The van der Waals surface area contributed by atoms with Crippen LogP contribution in [0.1, 0.15) is 65.9 Å². The molecule has 2 aliphatic heterocycles. The van der Waals surface area contributed by atoms with Crippen molar-refractivity contribution in [1.82, 2.24) is 23.8 Å². The summed E-state index contributed by atoms with van der Waals surface area (Å²) in [6, 6.07) is 12.1. The fraction of sp³-hybridized carbons (Fsp3) is 0.531. The zero-order valence-corrected chi connectivity index (χ0v) is 25.6. The highest BCUT2D eigenvalue weighted by Gasteiger charge is 2.30. The molecule has 226 valence electrons. The van der Waals surface area contributed by atoms with Gasteiger partial charge in [-0.2, -0.15) is 12.7 Å². The molecule has 2 fully saturated rings. The highest BCUT2D eigenvalue weighted by atomic mass is 32.2. The molecule has 1 saturated heterocycles. The highest BCUT2D eigenvalue weighted by molar-refractivity contribution is 7.87. The normalized spacial score (nSPS) is 18.5. The van der Waals surface area contributed by atoms with Crippen LogP contribution in [0.2, 0.25) is 0 Å². The molecule has 0 unspecified atom stereocenters. The van der Waals surface area contributed by atoms with Crippen LogP contribution >= 0.6 is 0 Å². The summed E-state index contributed by atoms with van der Waals surface area (Å²) in [5.41, 5.74) is 6.53. The predicted molar refractivity (Wildman–Crippen MR) is 166 cm³/mol. The fourth-order valence-corrected chi connectivity index (χ4v) is 7.83. The molecule has 10 heteroatoms. The van der Waals surface area contributed by atoms with Crippen molar-refractivity contribution in [3.63, 3.8) is 0 Å². The number of aromatic nitrogens is 1. The van der Waals surface area contributed by atoms with Crippen molar-refractivity contribution in [2.75, 3.05) is 53.4 Å². The van der Waals surface area contributed by atoms with Gasteiger partial charge >= 0.3 is 10.2 Å². The lowest BCUT2D eigenvalue weighted by molar-refractivity contribution is 0.0979. The highest BCUT2D eigenvalue weighted by Crippen LogP contribution is 2.46. The van der Waals surface area contributed by atoms with Gasteiger partial charge in [0.25, 0.3) is 5.91 Å². The number of nitrogens with one attached hydrogen (secondary N) is 2. The van der Waals surface area contributed by atoms with E-state index in [-0.39, 0.29) is 0 Å². The Labute approximate surface area is 249 Å². The van der Waals surface area contributed by atoms with E-state index < -0.39 is 16.1 Å². The van der Waals surface area contributed by atoms with E-state index in [9.17, 15) is 13.2 Å². The second kappa shape index (κ2) is 12.4. The van der Waals surface area contributed by atoms with E-state index in [1.165, 1.54) is 71.2 Å². The average Bonchev–Trinajstić information content (AvgIpc) is 3.21. The summed E-state index contributed by atoms with van der Waals surface area (Å²) in [6.07, 6.45) is 8.00. The molecule has 3 heterocycles. The second-order valence-electron chi connectivity index (χ2n) is 12.0. The summed E-state index contributed by atoms with van der Waals surface area (Å²) in [4.78, 5) is 15.6. The minimum atomic E-state index is -3.97. The van der Waals surface area contributed by atoms with Crippen LogP contribution in [0.25, 0.3) is 22.2 Å². The molecule has 1 aromatic heterocycles. The number of piperazine rings is 1. The standard InChI is InChI=1S/C32H43N5O4S/c1-35(19-20-36-17-14-33-15-18-36)42(39,40)34-32(38)25-10-12-28-29(22-25)37-16-6-9-24-21-26(41-2)11-13-27(24)31(37)30(28)23-7-4-3-5-8-23/h10-13,21-23,33H,3-9,14-20H2,1-2H3,(H,34,38). The van der Waals surface area contributed by atoms with Crippen LogP contribution in [0.3, 0.4) is 0 Å². The number of hydrogen-bond acceptors (Lipinski definition) is 6. The Kier molecular flexibility index (Phi) is 8.58. The molecule has 0 bridgehead atoms. The summed E-state index contributed by atoms with van der Waals surface area (Å²) < 4.78 is 37.6. The molecule has 1 aliphatic carbocycles. The molecule has 9 nitrogen and oxygen atoms in total. The summed E-state index contributed by atoms with van der Waals surface area (Å²) in [6.45, 7) is 5.39. The molecule has 0 atom stereocenters. The molecule has 2 aromatic carbocycles. The van der Waals surface area contributed by atoms with Gasteiger partial charge in [0.2, 0.25) is 0 Å². The van der Waals surface area contributed by atoms with Gasteiger partial charge in [-0.25, -0.2) is 4.72 Å². The van der Waals surface area contributed by atoms with Crippen LogP contribution in [0.15, 0.2) is 36.4 Å². The van der Waals surface area contributed by atoms with E-state index in [1.54, 1.807) is 13.2 Å². The number of aryl methyl sites for hydroxylation is 2. The number of likely N-dealkylation sites (N-methyl/N-ethyl adjacent to an activating group) is 1. The first-order chi connectivity index (χ1) is 20.4. The quantitative estimate of drug-likeness (QED) is 0.408. The predicted octanol–water partition coefficient (Wildman–Crippen LogP) is 4.12. The van der Waals surface area contributed by atoms with Gasteiger partial charge < -0.3 is 14.6 Å². The van der Waals surface area contributed by atoms with Crippen LogP contribution in [-0.2, 0) is 23.2 Å². The monoisotopic (exact) mass is 593 g/mol. The molecule has 1 amide bonds. The van der Waals surface area contributed by atoms with Crippen LogP contribution in [0.4, 0.5) is 0 Å². The first kappa shape index (κ1) is 29.2. The van der Waals surface area contributed by atoms with Gasteiger partial charge in [-0.3, -0.25) is 9.69 Å². The summed E-state index contributed by atoms with van der Waals surface area (Å²) >= 11 is 0. The van der Waals surface area contributed by atoms with E-state index in [4.69, 9.17) is 4.74 Å². The number of amides is 1. The Morgan fingerprint density at radius 2 is 1.83 bits per heavy atom. The van der Waals surface area contributed by atoms with Crippen molar-refractivity contribution in [2.45, 2.75) is 57.4 Å². The van der Waals surface area contributed by atoms with Crippen molar-refractivity contribution in [3.05, 3.63) is 53.1 Å². The number of nitrogens with zero attached hydrogens (tertiary/aromatic N) is 3. The van der Waals surface area contributed by atoms with Gasteiger partial charge in [0.1, 0.15) is 5.75 Å². The van der Waals surface area contributed by atoms with Crippen LogP contribution in [-0.4, -0.2) is 81.5 Å². The molecule has 0 radical (unpaired) electrons. The molecular weight excluding hydrogens is 550 g/mol. The molecule has 2 N–H and O–H groups in total. The Morgan fingerprint density at radius 1 is 1.05 bits per heavy atom. The zero-order chi connectivity index (χ0) is 29.3. The largest absolute Gasteiger partial charge is 0.497 e. The second-order valence-corrected chi connectivity index (χ2v) is 13.7. The number of methoxy groups -OCH3 is 1. The Hall–Kier alpha value is -2.92. The Balaban J connectivity index is 1.32. The van der Waals surface area contributed by atoms with Crippen molar-refractivity contribution in [1.29, 1.82) is 0 Å². The number of rotatable bonds is 8. The van der Waals surface area contributed by atoms with Gasteiger partial charge in [0, 0.05) is 74.9 Å². The third-order valence-corrected chi connectivity index (χ3v) is 10.8. The van der Waals surface area contributed by atoms with Crippen molar-refractivity contribution in [3.8, 4) is 17.0 Å². The molecule has 3 aromatic rings. The summed E-state index contributed by atoms with van der Waals surface area (Å²) in [7, 11) is -0.738. The van der Waals surface area contributed by atoms with Crippen molar-refractivity contribution < 1.29 is 17.9 Å². The lowest BCUT2D eigenvalue weighted by Gasteiger charge is -2.28. The smallest absolute Gasteiger partial charge is 0.303 e. The topological polar surface area (TPSA) is 95.9 Å². The number of carbonyl (C=O) groups excluding carboxylic acids is 1. The fourth-order valence-electron chi connectivity index (χ4n) is 7.00. The SMILES string of the molecule is COc1ccc2c(c1)CCCn1c-2c(C2CCCCC2)c2ccc(C(=O)NS(=O)(=O)N(C)CCN3CCNCC3)cc21. The minimum Gasteiger partial charge on any atom is -0.497 e. The maximum absolute atomic E-state index is 13.4. The van der Waals surface area contributed by atoms with Crippen molar-refractivity contribution in [2.24, 2.45) is 0 Å². The first-order valence-corrected chi connectivity index (χ1v) is 16.8. The van der Waals surface area contributed by atoms with Crippen LogP contribution in [0.5, 0.6) is 5.75 Å². The van der Waals surface area contributed by atoms with Gasteiger partial charge in [0.15, 0.2) is 0 Å². The minimum absolute atomic E-state index is 0.322. The van der Waals surface area contributed by atoms with E-state index in [0.29, 0.717) is 24.6 Å². The third-order valence-electron chi connectivity index (χ3n) is 9.35. The number of hydrogen-bond donors (Lipinski definition) is 2. The van der Waals surface area contributed by atoms with Gasteiger partial charge in [-0.15, -0.1) is 0 Å². The zero-order valence-electron chi connectivity index (χ0n) is 24.8. The molecule has 42 heavy (non-hydrogen) atoms. The lowest BCUT2D eigenvalue weighted by Crippen LogP contribution is -2.48. The van der Waals surface area contributed by atoms with Gasteiger partial charge in [-0.1, -0.05) is 25.3 Å². The maximum atomic E-state index is 13.4. The number of carbonyl (C=O) groups is 1. The molecule has 6 rings (SSSR count). The first-order valence-electron chi connectivity index (χ1n) is 15.4. The third kappa shape index (κ3) is 5.82. The number of ether oxygens (including phenoxy) is 1. The molecule has 0 spiro atoms. The molecule has 3 aliphatic rings. The average molecular weight is 594 g/mol. The molecule has 1 saturated carbocycles. The Morgan fingerprint density at radius 3 is 2.60 bits per heavy atom. The summed E-state index contributed by atoms with van der Waals surface area (Å²) in [5, 5.41) is 4.48. The van der Waals surface area contributed by atoms with E-state index >= 15 is 0 Å². The molecular formula is C32H43N5O4S. The van der Waals surface area contributed by atoms with Crippen LogP contribution in [0, 0.1) is 0 Å². The van der Waals surface area contributed by atoms with E-state index in [2.05, 4.69) is 31.6 Å². The van der Waals surface area contributed by atoms with Crippen LogP contribution < -0.4 is 14.8 Å². The lowest BCUT2D eigenvalue weighted by atomic mass is 9.81. The number of fused-ring (bicyclic) bond motifs is 5. The maximum Gasteiger partial charge on any atom is 0.303 e. The van der Waals surface area contributed by atoms with E-state index in [0.717, 1.165) is 56.8 Å². The van der Waals surface area contributed by atoms with E-state index in [1.807, 2.05) is 18.2 Å². The van der Waals surface area contributed by atoms with Gasteiger partial charge in [0.05, 0.1) is 12.8 Å². The number of benzene rings is 2. The Bertz CT molecular complexity index is 1550. The van der Waals surface area contributed by atoms with Crippen molar-refractivity contribution >= 4 is 27.0 Å².